The average Bonchev–Trinajstić information content (AvgIpc) is 3.02. The smallest absolute Gasteiger partial charge is 0.326 e. The average molecular weight is 299 g/mol. The highest BCUT2D eigenvalue weighted by Crippen LogP contribution is 2.18. The van der Waals surface area contributed by atoms with Crippen molar-refractivity contribution in [2.24, 2.45) is 0 Å². The Morgan fingerprint density at radius 1 is 1.60 bits per heavy atom. The van der Waals surface area contributed by atoms with Crippen LogP contribution in [0.5, 0.6) is 0 Å². The van der Waals surface area contributed by atoms with Gasteiger partial charge in [0.2, 0.25) is 0 Å². The van der Waals surface area contributed by atoms with Crippen LogP contribution in [0.3, 0.4) is 0 Å². The van der Waals surface area contributed by atoms with Crippen LogP contribution in [0.1, 0.15) is 23.2 Å². The Bertz CT molecular complexity index is 505. The molecule has 0 bridgehead atoms. The molecule has 1 aromatic heterocycles. The SMILES string of the molecule is CCc1cnc(CNC(=O)N2CC(O)CC2C(=O)O)s1. The van der Waals surface area contributed by atoms with Gasteiger partial charge in [-0.15, -0.1) is 11.3 Å². The number of hydrogen-bond donors (Lipinski definition) is 3. The number of aliphatic hydroxyl groups is 1. The lowest BCUT2D eigenvalue weighted by atomic mass is 10.2. The molecule has 2 heterocycles. The van der Waals surface area contributed by atoms with E-state index < -0.39 is 24.1 Å². The van der Waals surface area contributed by atoms with Gasteiger partial charge in [-0.05, 0) is 6.42 Å². The minimum Gasteiger partial charge on any atom is -0.480 e. The summed E-state index contributed by atoms with van der Waals surface area (Å²) in [4.78, 5) is 29.5. The van der Waals surface area contributed by atoms with Gasteiger partial charge in [0.25, 0.3) is 0 Å². The first-order valence-corrected chi connectivity index (χ1v) is 7.21. The Hall–Kier alpha value is -1.67. The van der Waals surface area contributed by atoms with Gasteiger partial charge >= 0.3 is 12.0 Å². The maximum atomic E-state index is 12.0. The molecule has 0 spiro atoms. The number of amides is 2. The van der Waals surface area contributed by atoms with Gasteiger partial charge in [-0.25, -0.2) is 14.6 Å². The Morgan fingerprint density at radius 2 is 2.35 bits per heavy atom. The number of likely N-dealkylation sites (tertiary alicyclic amines) is 1. The third-order valence-corrected chi connectivity index (χ3v) is 4.31. The number of nitrogens with zero attached hydrogens (tertiary/aromatic N) is 2. The molecule has 1 aliphatic rings. The first-order valence-electron chi connectivity index (χ1n) is 6.40. The van der Waals surface area contributed by atoms with Crippen molar-refractivity contribution in [2.45, 2.75) is 38.5 Å². The summed E-state index contributed by atoms with van der Waals surface area (Å²) >= 11 is 1.51. The molecule has 2 rings (SSSR count). The van der Waals surface area contributed by atoms with Gasteiger partial charge in [-0.1, -0.05) is 6.92 Å². The highest BCUT2D eigenvalue weighted by molar-refractivity contribution is 7.11. The number of carbonyl (C=O) groups excluding carboxylic acids is 1. The molecule has 8 heteroatoms. The van der Waals surface area contributed by atoms with Gasteiger partial charge in [0.1, 0.15) is 11.0 Å². The quantitative estimate of drug-likeness (QED) is 0.748. The lowest BCUT2D eigenvalue weighted by molar-refractivity contribution is -0.141. The number of hydrogen-bond acceptors (Lipinski definition) is 5. The van der Waals surface area contributed by atoms with Crippen molar-refractivity contribution in [3.8, 4) is 0 Å². The lowest BCUT2D eigenvalue weighted by Crippen LogP contribution is -2.45. The van der Waals surface area contributed by atoms with Gasteiger partial charge < -0.3 is 20.4 Å². The molecule has 110 valence electrons. The molecule has 0 radical (unpaired) electrons. The molecule has 2 amide bonds. The number of aliphatic hydroxyl groups excluding tert-OH is 1. The Kier molecular flexibility index (Phi) is 4.56. The molecule has 0 saturated carbocycles. The summed E-state index contributed by atoms with van der Waals surface area (Å²) in [6, 6.07) is -1.45. The zero-order valence-corrected chi connectivity index (χ0v) is 11.9. The van der Waals surface area contributed by atoms with Crippen molar-refractivity contribution in [3.05, 3.63) is 16.1 Å². The van der Waals surface area contributed by atoms with E-state index in [2.05, 4.69) is 10.3 Å². The van der Waals surface area contributed by atoms with E-state index in [9.17, 15) is 14.7 Å². The van der Waals surface area contributed by atoms with Crippen LogP contribution in [0.4, 0.5) is 4.79 Å². The van der Waals surface area contributed by atoms with Crippen molar-refractivity contribution in [1.82, 2.24) is 15.2 Å². The summed E-state index contributed by atoms with van der Waals surface area (Å²) < 4.78 is 0. The van der Waals surface area contributed by atoms with E-state index in [4.69, 9.17) is 5.11 Å². The molecule has 2 unspecified atom stereocenters. The number of carbonyl (C=O) groups is 2. The number of urea groups is 1. The first-order chi connectivity index (χ1) is 9.51. The minimum absolute atomic E-state index is 0.0425. The lowest BCUT2D eigenvalue weighted by Gasteiger charge is -2.21. The highest BCUT2D eigenvalue weighted by Gasteiger charge is 2.38. The first kappa shape index (κ1) is 14.7. The maximum Gasteiger partial charge on any atom is 0.326 e. The molecular weight excluding hydrogens is 282 g/mol. The number of aryl methyl sites for hydroxylation is 1. The summed E-state index contributed by atoms with van der Waals surface area (Å²) in [6.07, 6.45) is 1.95. The van der Waals surface area contributed by atoms with Gasteiger partial charge in [-0.2, -0.15) is 0 Å². The fraction of sp³-hybridized carbons (Fsp3) is 0.583. The van der Waals surface area contributed by atoms with Gasteiger partial charge in [-0.3, -0.25) is 0 Å². The number of aromatic nitrogens is 1. The summed E-state index contributed by atoms with van der Waals surface area (Å²) in [5.41, 5.74) is 0. The molecule has 0 aliphatic carbocycles. The zero-order chi connectivity index (χ0) is 14.7. The van der Waals surface area contributed by atoms with Crippen LogP contribution in [0.2, 0.25) is 0 Å². The molecule has 1 fully saturated rings. The van der Waals surface area contributed by atoms with E-state index in [1.54, 1.807) is 6.20 Å². The van der Waals surface area contributed by atoms with Crippen LogP contribution in [-0.4, -0.2) is 50.8 Å². The fourth-order valence-corrected chi connectivity index (χ4v) is 2.92. The largest absolute Gasteiger partial charge is 0.480 e. The molecule has 1 aromatic rings. The molecule has 1 aliphatic heterocycles. The molecule has 20 heavy (non-hydrogen) atoms. The highest BCUT2D eigenvalue weighted by atomic mass is 32.1. The van der Waals surface area contributed by atoms with Gasteiger partial charge in [0.15, 0.2) is 0 Å². The Morgan fingerprint density at radius 3 is 2.95 bits per heavy atom. The molecular formula is C12H17N3O4S. The number of rotatable bonds is 4. The van der Waals surface area contributed by atoms with Crippen molar-refractivity contribution in [3.63, 3.8) is 0 Å². The molecule has 1 saturated heterocycles. The fourth-order valence-electron chi connectivity index (χ4n) is 2.12. The Balaban J connectivity index is 1.92. The second-order valence-electron chi connectivity index (χ2n) is 4.63. The van der Waals surface area contributed by atoms with Crippen LogP contribution in [0.25, 0.3) is 0 Å². The molecule has 7 nitrogen and oxygen atoms in total. The predicted octanol–water partition coefficient (Wildman–Crippen LogP) is 0.435. The number of carboxylic acids is 1. The number of aliphatic carboxylic acids is 1. The second kappa shape index (κ2) is 6.19. The number of carboxylic acid groups (broad SMARTS) is 1. The molecule has 3 N–H and O–H groups in total. The minimum atomic E-state index is -1.10. The Labute approximate surface area is 120 Å². The van der Waals surface area contributed by atoms with Crippen molar-refractivity contribution in [2.75, 3.05) is 6.54 Å². The normalized spacial score (nSPS) is 22.0. The third-order valence-electron chi connectivity index (χ3n) is 3.17. The second-order valence-corrected chi connectivity index (χ2v) is 5.83. The van der Waals surface area contributed by atoms with E-state index in [1.165, 1.54) is 11.3 Å². The molecule has 0 aromatic carbocycles. The van der Waals surface area contributed by atoms with Crippen molar-refractivity contribution in [1.29, 1.82) is 0 Å². The van der Waals surface area contributed by atoms with Gasteiger partial charge in [0, 0.05) is 24.0 Å². The summed E-state index contributed by atoms with van der Waals surface area (Å²) in [7, 11) is 0. The standard InChI is InChI=1S/C12H17N3O4S/c1-2-8-4-13-10(20-8)5-14-12(19)15-6-7(16)3-9(15)11(17)18/h4,7,9,16H,2-3,5-6H2,1H3,(H,14,19)(H,17,18). The monoisotopic (exact) mass is 299 g/mol. The van der Waals surface area contributed by atoms with E-state index in [-0.39, 0.29) is 19.5 Å². The maximum absolute atomic E-state index is 12.0. The number of thiazole rings is 1. The topological polar surface area (TPSA) is 103 Å². The zero-order valence-electron chi connectivity index (χ0n) is 11.1. The number of β-amino-alcohol motifs (C(OH)–C–C–N with tert-alkyl or cyclic N) is 1. The number of nitrogens with one attached hydrogen (secondary N) is 1. The van der Waals surface area contributed by atoms with Crippen molar-refractivity contribution < 1.29 is 19.8 Å². The summed E-state index contributed by atoms with van der Waals surface area (Å²) in [5, 5.41) is 21.9. The van der Waals surface area contributed by atoms with E-state index in [1.807, 2.05) is 6.92 Å². The summed E-state index contributed by atoms with van der Waals surface area (Å²) in [5.74, 6) is -1.10. The summed E-state index contributed by atoms with van der Waals surface area (Å²) in [6.45, 7) is 2.34. The van der Waals surface area contributed by atoms with Crippen LogP contribution < -0.4 is 5.32 Å². The molecule has 2 atom stereocenters. The predicted molar refractivity (Wildman–Crippen MR) is 72.5 cm³/mol. The van der Waals surface area contributed by atoms with Crippen LogP contribution in [-0.2, 0) is 17.8 Å². The van der Waals surface area contributed by atoms with Crippen LogP contribution in [0, 0.1) is 0 Å². The van der Waals surface area contributed by atoms with E-state index in [0.717, 1.165) is 21.2 Å². The van der Waals surface area contributed by atoms with E-state index in [0.29, 0.717) is 0 Å². The van der Waals surface area contributed by atoms with Crippen LogP contribution >= 0.6 is 11.3 Å². The van der Waals surface area contributed by atoms with Gasteiger partial charge in [0.05, 0.1) is 12.6 Å². The van der Waals surface area contributed by atoms with Crippen molar-refractivity contribution >= 4 is 23.3 Å². The van der Waals surface area contributed by atoms with E-state index >= 15 is 0 Å². The van der Waals surface area contributed by atoms with Crippen LogP contribution in [0.15, 0.2) is 6.20 Å². The third kappa shape index (κ3) is 3.26.